The van der Waals surface area contributed by atoms with Gasteiger partial charge in [0.1, 0.15) is 5.70 Å². The third-order valence-corrected chi connectivity index (χ3v) is 6.92. The summed E-state index contributed by atoms with van der Waals surface area (Å²) in [6, 6.07) is 27.3. The number of benzene rings is 4. The summed E-state index contributed by atoms with van der Waals surface area (Å²) < 4.78 is 39.5. The van der Waals surface area contributed by atoms with E-state index in [0.717, 1.165) is 29.0 Å². The molecule has 0 heterocycles. The van der Waals surface area contributed by atoms with Gasteiger partial charge in [0.05, 0.1) is 17.0 Å². The predicted molar refractivity (Wildman–Crippen MR) is 159 cm³/mol. The van der Waals surface area contributed by atoms with Gasteiger partial charge in [-0.15, -0.1) is 11.8 Å². The molecule has 214 valence electrons. The van der Waals surface area contributed by atoms with E-state index in [1.54, 1.807) is 60.7 Å². The maximum atomic E-state index is 13.2. The Morgan fingerprint density at radius 3 is 2.10 bits per heavy atom. The van der Waals surface area contributed by atoms with Crippen molar-refractivity contribution in [3.05, 3.63) is 131 Å². The number of anilines is 2. The Morgan fingerprint density at radius 2 is 1.43 bits per heavy atom. The molecule has 4 aromatic carbocycles. The number of alkyl halides is 3. The smallest absolute Gasteiger partial charge is 0.325 e. The third kappa shape index (κ3) is 8.58. The number of hydrogen-bond donors (Lipinski definition) is 3. The van der Waals surface area contributed by atoms with Crippen molar-refractivity contribution in [3.8, 4) is 0 Å². The molecule has 10 heteroatoms. The average molecular weight is 590 g/mol. The molecular weight excluding hydrogens is 563 g/mol. The second kappa shape index (κ2) is 13.7. The van der Waals surface area contributed by atoms with E-state index in [1.807, 2.05) is 31.2 Å². The highest BCUT2D eigenvalue weighted by atomic mass is 32.2. The molecule has 6 nitrogen and oxygen atoms in total. The van der Waals surface area contributed by atoms with Crippen LogP contribution in [0, 0.1) is 6.92 Å². The fourth-order valence-corrected chi connectivity index (χ4v) is 4.48. The van der Waals surface area contributed by atoms with E-state index >= 15 is 0 Å². The molecular formula is C32H26F3N3O3S. The van der Waals surface area contributed by atoms with Gasteiger partial charge in [0, 0.05) is 16.1 Å². The fourth-order valence-electron chi connectivity index (χ4n) is 3.78. The topological polar surface area (TPSA) is 87.3 Å². The van der Waals surface area contributed by atoms with Gasteiger partial charge in [-0.25, -0.2) is 0 Å². The lowest BCUT2D eigenvalue weighted by Crippen LogP contribution is -2.30. The first-order chi connectivity index (χ1) is 20.1. The average Bonchev–Trinajstić information content (AvgIpc) is 2.97. The summed E-state index contributed by atoms with van der Waals surface area (Å²) >= 11 is 1.13. The molecule has 3 amide bonds. The van der Waals surface area contributed by atoms with E-state index in [0.29, 0.717) is 16.1 Å². The summed E-state index contributed by atoms with van der Waals surface area (Å²) in [7, 11) is 0. The molecule has 42 heavy (non-hydrogen) atoms. The van der Waals surface area contributed by atoms with Gasteiger partial charge in [0.15, 0.2) is 0 Å². The number of amides is 3. The van der Waals surface area contributed by atoms with Crippen molar-refractivity contribution in [3.63, 3.8) is 0 Å². The zero-order valence-electron chi connectivity index (χ0n) is 22.4. The van der Waals surface area contributed by atoms with E-state index < -0.39 is 29.5 Å². The number of hydrogen-bond acceptors (Lipinski definition) is 4. The van der Waals surface area contributed by atoms with Gasteiger partial charge in [-0.3, -0.25) is 14.4 Å². The maximum Gasteiger partial charge on any atom is 0.418 e. The summed E-state index contributed by atoms with van der Waals surface area (Å²) in [6.45, 7) is 1.94. The van der Waals surface area contributed by atoms with Crippen molar-refractivity contribution in [2.24, 2.45) is 0 Å². The molecule has 4 rings (SSSR count). The van der Waals surface area contributed by atoms with Crippen LogP contribution in [0.15, 0.2) is 114 Å². The van der Waals surface area contributed by atoms with Gasteiger partial charge >= 0.3 is 6.18 Å². The maximum absolute atomic E-state index is 13.2. The molecule has 0 saturated carbocycles. The van der Waals surface area contributed by atoms with Crippen LogP contribution in [0.4, 0.5) is 24.5 Å². The number of carbonyl (C=O) groups is 3. The molecule has 0 unspecified atom stereocenters. The van der Waals surface area contributed by atoms with Crippen LogP contribution in [0.5, 0.6) is 0 Å². The molecule has 0 radical (unpaired) electrons. The van der Waals surface area contributed by atoms with Crippen LogP contribution in [0.25, 0.3) is 6.08 Å². The molecule has 0 aliphatic rings. The Labute approximate surface area is 245 Å². The van der Waals surface area contributed by atoms with Crippen LogP contribution in [0.2, 0.25) is 0 Å². The normalized spacial score (nSPS) is 11.5. The standard InChI is InChI=1S/C32H26F3N3O3S/c1-21-11-13-22(14-12-21)19-28(38-30(40)23-7-3-2-4-8-23)31(41)36-24-15-17-25(18-16-24)42-20-29(39)37-27-10-6-5-9-26(27)32(33,34)35/h2-19H,20H2,1H3,(H,36,41)(H,37,39)(H,38,40)/b28-19-. The second-order valence-electron chi connectivity index (χ2n) is 9.15. The predicted octanol–water partition coefficient (Wildman–Crippen LogP) is 7.15. The minimum absolute atomic E-state index is 0.0435. The summed E-state index contributed by atoms with van der Waals surface area (Å²) in [5.41, 5.74) is 1.43. The van der Waals surface area contributed by atoms with Gasteiger partial charge in [-0.05, 0) is 67.1 Å². The Hall–Kier alpha value is -4.83. The largest absolute Gasteiger partial charge is 0.418 e. The first kappa shape index (κ1) is 30.1. The molecule has 0 spiro atoms. The Kier molecular flexibility index (Phi) is 9.82. The number of para-hydroxylation sites is 1. The highest BCUT2D eigenvalue weighted by Gasteiger charge is 2.33. The van der Waals surface area contributed by atoms with Gasteiger partial charge in [0.25, 0.3) is 11.8 Å². The molecule has 0 bridgehead atoms. The quantitative estimate of drug-likeness (QED) is 0.143. The zero-order valence-corrected chi connectivity index (χ0v) is 23.2. The highest BCUT2D eigenvalue weighted by Crippen LogP contribution is 2.34. The zero-order chi connectivity index (χ0) is 30.1. The lowest BCUT2D eigenvalue weighted by atomic mass is 10.1. The lowest BCUT2D eigenvalue weighted by Gasteiger charge is -2.13. The molecule has 0 saturated heterocycles. The molecule has 4 aromatic rings. The van der Waals surface area contributed by atoms with Crippen LogP contribution in [0.3, 0.4) is 0 Å². The summed E-state index contributed by atoms with van der Waals surface area (Å²) in [5.74, 6) is -1.68. The Balaban J connectivity index is 1.40. The number of aryl methyl sites for hydroxylation is 1. The molecule has 3 N–H and O–H groups in total. The van der Waals surface area contributed by atoms with Crippen molar-refractivity contribution in [1.82, 2.24) is 5.32 Å². The van der Waals surface area contributed by atoms with Crippen LogP contribution in [-0.4, -0.2) is 23.5 Å². The van der Waals surface area contributed by atoms with Crippen molar-refractivity contribution >= 4 is 46.9 Å². The minimum Gasteiger partial charge on any atom is -0.325 e. The van der Waals surface area contributed by atoms with Crippen molar-refractivity contribution in [2.75, 3.05) is 16.4 Å². The SMILES string of the molecule is Cc1ccc(/C=C(\NC(=O)c2ccccc2)C(=O)Nc2ccc(SCC(=O)Nc3ccccc3C(F)(F)F)cc2)cc1. The Bertz CT molecular complexity index is 1590. The van der Waals surface area contributed by atoms with E-state index in [1.165, 1.54) is 18.2 Å². The second-order valence-corrected chi connectivity index (χ2v) is 10.2. The number of halogens is 3. The molecule has 0 aromatic heterocycles. The molecule has 0 atom stereocenters. The van der Waals surface area contributed by atoms with E-state index in [9.17, 15) is 27.6 Å². The van der Waals surface area contributed by atoms with Gasteiger partial charge in [-0.2, -0.15) is 13.2 Å². The monoisotopic (exact) mass is 589 g/mol. The minimum atomic E-state index is -4.59. The molecule has 0 fully saturated rings. The van der Waals surface area contributed by atoms with Crippen molar-refractivity contribution < 1.29 is 27.6 Å². The summed E-state index contributed by atoms with van der Waals surface area (Å²) in [5, 5.41) is 7.75. The van der Waals surface area contributed by atoms with E-state index in [4.69, 9.17) is 0 Å². The van der Waals surface area contributed by atoms with Gasteiger partial charge in [-0.1, -0.05) is 60.2 Å². The van der Waals surface area contributed by atoms with Crippen LogP contribution in [-0.2, 0) is 15.8 Å². The van der Waals surface area contributed by atoms with Crippen LogP contribution in [0.1, 0.15) is 27.0 Å². The summed E-state index contributed by atoms with van der Waals surface area (Å²) in [6.07, 6.45) is -3.01. The van der Waals surface area contributed by atoms with Gasteiger partial charge < -0.3 is 16.0 Å². The molecule has 0 aliphatic carbocycles. The van der Waals surface area contributed by atoms with Crippen LogP contribution < -0.4 is 16.0 Å². The van der Waals surface area contributed by atoms with Crippen molar-refractivity contribution in [1.29, 1.82) is 0 Å². The molecule has 0 aliphatic heterocycles. The van der Waals surface area contributed by atoms with Crippen molar-refractivity contribution in [2.45, 2.75) is 18.0 Å². The number of carbonyl (C=O) groups excluding carboxylic acids is 3. The highest BCUT2D eigenvalue weighted by molar-refractivity contribution is 8.00. The van der Waals surface area contributed by atoms with Gasteiger partial charge in [0.2, 0.25) is 5.91 Å². The number of nitrogens with one attached hydrogen (secondary N) is 3. The number of thioether (sulfide) groups is 1. The van der Waals surface area contributed by atoms with Crippen LogP contribution >= 0.6 is 11.8 Å². The Morgan fingerprint density at radius 1 is 0.786 bits per heavy atom. The lowest BCUT2D eigenvalue weighted by molar-refractivity contribution is -0.137. The third-order valence-electron chi connectivity index (χ3n) is 5.91. The van der Waals surface area contributed by atoms with E-state index in [-0.39, 0.29) is 17.1 Å². The summed E-state index contributed by atoms with van der Waals surface area (Å²) in [4.78, 5) is 39.0. The fraction of sp³-hybridized carbons (Fsp3) is 0.0938. The number of rotatable bonds is 9. The first-order valence-electron chi connectivity index (χ1n) is 12.7. The van der Waals surface area contributed by atoms with E-state index in [2.05, 4.69) is 16.0 Å². The first-order valence-corrected chi connectivity index (χ1v) is 13.7.